The third kappa shape index (κ3) is 27.1. The Labute approximate surface area is 261 Å². The van der Waals surface area contributed by atoms with Gasteiger partial charge in [-0.3, -0.25) is 14.4 Å². The summed E-state index contributed by atoms with van der Waals surface area (Å²) in [5.41, 5.74) is 0. The molecule has 0 fully saturated rings. The zero-order valence-corrected chi connectivity index (χ0v) is 27.5. The van der Waals surface area contributed by atoms with Crippen molar-refractivity contribution in [3.8, 4) is 0 Å². The summed E-state index contributed by atoms with van der Waals surface area (Å²) < 4.78 is 5.93. The molecule has 0 aromatic rings. The van der Waals surface area contributed by atoms with E-state index in [2.05, 4.69) is 24.5 Å². The molecular weight excluding hydrogens is 548 g/mol. The van der Waals surface area contributed by atoms with E-state index in [1.807, 2.05) is 0 Å². The molecule has 0 heterocycles. The molecule has 9 heteroatoms. The molecule has 4 N–H and O–H groups in total. The molecule has 252 valence electrons. The van der Waals surface area contributed by atoms with Crippen molar-refractivity contribution in [2.45, 2.75) is 180 Å². The number of esters is 1. The molecule has 0 spiro atoms. The first-order valence-corrected chi connectivity index (χ1v) is 17.4. The second kappa shape index (κ2) is 29.9. The largest absolute Gasteiger partial charge is 0.480 e. The van der Waals surface area contributed by atoms with E-state index in [1.165, 1.54) is 77.0 Å². The molecule has 0 saturated carbocycles. The molecular formula is C34H64N2O7. The number of aliphatic hydroxyl groups is 1. The Morgan fingerprint density at radius 1 is 0.605 bits per heavy atom. The third-order valence-electron chi connectivity index (χ3n) is 7.85. The van der Waals surface area contributed by atoms with Crippen molar-refractivity contribution in [3.63, 3.8) is 0 Å². The number of carbonyl (C=O) groups excluding carboxylic acids is 3. The fraction of sp³-hybridized carbons (Fsp3) is 0.882. The zero-order chi connectivity index (χ0) is 32.0. The number of aliphatic carboxylic acids is 1. The number of aliphatic hydroxyl groups excluding tert-OH is 1. The summed E-state index contributed by atoms with van der Waals surface area (Å²) in [6.07, 6.45) is 25.6. The molecule has 2 amide bonds. The van der Waals surface area contributed by atoms with Gasteiger partial charge in [-0.25, -0.2) is 4.79 Å². The maximum absolute atomic E-state index is 12.5. The first kappa shape index (κ1) is 40.8. The molecule has 2 unspecified atom stereocenters. The first-order valence-electron chi connectivity index (χ1n) is 17.4. The standard InChI is InChI=1S/C34H64N2O7/c1-3-5-7-9-11-13-18-22-26-33(40)43-29(23-19-15-12-10-8-6-4-2)24-20-16-14-17-21-25-31(38)35-27-32(39)36-30(28-37)34(41)42/h29-30,37H,3-28H2,1-2H3,(H,35,38)(H,36,39)(H,41,42). The molecule has 0 aromatic carbocycles. The van der Waals surface area contributed by atoms with Crippen LogP contribution in [0.1, 0.15) is 168 Å². The lowest BCUT2D eigenvalue weighted by Crippen LogP contribution is -2.47. The van der Waals surface area contributed by atoms with Crippen molar-refractivity contribution in [1.29, 1.82) is 0 Å². The van der Waals surface area contributed by atoms with Gasteiger partial charge in [-0.2, -0.15) is 0 Å². The number of amides is 2. The van der Waals surface area contributed by atoms with Crippen molar-refractivity contribution in [1.82, 2.24) is 10.6 Å². The van der Waals surface area contributed by atoms with Gasteiger partial charge in [-0.1, -0.05) is 117 Å². The Morgan fingerprint density at radius 2 is 1.05 bits per heavy atom. The van der Waals surface area contributed by atoms with Crippen molar-refractivity contribution in [2.75, 3.05) is 13.2 Å². The lowest BCUT2D eigenvalue weighted by molar-refractivity contribution is -0.150. The van der Waals surface area contributed by atoms with Gasteiger partial charge in [0.1, 0.15) is 12.1 Å². The quantitative estimate of drug-likeness (QED) is 0.0489. The molecule has 0 saturated heterocycles. The van der Waals surface area contributed by atoms with E-state index < -0.39 is 24.5 Å². The summed E-state index contributed by atoms with van der Waals surface area (Å²) in [6, 6.07) is -1.38. The minimum Gasteiger partial charge on any atom is -0.480 e. The van der Waals surface area contributed by atoms with Gasteiger partial charge >= 0.3 is 11.9 Å². The van der Waals surface area contributed by atoms with Crippen LogP contribution in [-0.4, -0.2) is 59.3 Å². The average Bonchev–Trinajstić information content (AvgIpc) is 2.98. The van der Waals surface area contributed by atoms with E-state index in [1.54, 1.807) is 0 Å². The molecule has 9 nitrogen and oxygen atoms in total. The minimum atomic E-state index is -1.38. The van der Waals surface area contributed by atoms with Gasteiger partial charge in [0.2, 0.25) is 11.8 Å². The molecule has 0 bridgehead atoms. The van der Waals surface area contributed by atoms with Crippen LogP contribution < -0.4 is 10.6 Å². The van der Waals surface area contributed by atoms with Gasteiger partial charge in [0.15, 0.2) is 0 Å². The highest BCUT2D eigenvalue weighted by molar-refractivity contribution is 5.87. The van der Waals surface area contributed by atoms with Crippen LogP contribution >= 0.6 is 0 Å². The number of hydrogen-bond acceptors (Lipinski definition) is 6. The molecule has 0 rings (SSSR count). The normalized spacial score (nSPS) is 12.4. The molecule has 0 aromatic heterocycles. The average molecular weight is 613 g/mol. The van der Waals surface area contributed by atoms with Gasteiger partial charge in [0, 0.05) is 12.8 Å². The SMILES string of the molecule is CCCCCCCCCCC(=O)OC(CCCCCCCCC)CCCCCCCC(=O)NCC(=O)NC(CO)C(=O)O. The lowest BCUT2D eigenvalue weighted by atomic mass is 10.0. The number of hydrogen-bond donors (Lipinski definition) is 4. The van der Waals surface area contributed by atoms with Crippen LogP contribution in [0.4, 0.5) is 0 Å². The monoisotopic (exact) mass is 612 g/mol. The van der Waals surface area contributed by atoms with Crippen LogP contribution in [0.15, 0.2) is 0 Å². The van der Waals surface area contributed by atoms with Crippen LogP contribution in [0.2, 0.25) is 0 Å². The number of carboxylic acids is 1. The highest BCUT2D eigenvalue weighted by Gasteiger charge is 2.19. The number of carboxylic acid groups (broad SMARTS) is 1. The predicted molar refractivity (Wildman–Crippen MR) is 172 cm³/mol. The molecule has 0 aliphatic rings. The van der Waals surface area contributed by atoms with Gasteiger partial charge in [-0.15, -0.1) is 0 Å². The summed E-state index contributed by atoms with van der Waals surface area (Å²) in [6.45, 7) is 3.43. The van der Waals surface area contributed by atoms with Crippen LogP contribution in [0.3, 0.4) is 0 Å². The fourth-order valence-electron chi connectivity index (χ4n) is 5.13. The predicted octanol–water partition coefficient (Wildman–Crippen LogP) is 6.98. The molecule has 43 heavy (non-hydrogen) atoms. The lowest BCUT2D eigenvalue weighted by Gasteiger charge is -2.18. The van der Waals surface area contributed by atoms with E-state index in [4.69, 9.17) is 14.9 Å². The van der Waals surface area contributed by atoms with Crippen molar-refractivity contribution < 1.29 is 34.1 Å². The first-order chi connectivity index (χ1) is 20.8. The van der Waals surface area contributed by atoms with Crippen molar-refractivity contribution in [3.05, 3.63) is 0 Å². The zero-order valence-electron chi connectivity index (χ0n) is 27.5. The second-order valence-corrected chi connectivity index (χ2v) is 12.0. The van der Waals surface area contributed by atoms with Crippen molar-refractivity contribution >= 4 is 23.8 Å². The molecule has 0 aliphatic carbocycles. The van der Waals surface area contributed by atoms with Gasteiger partial charge < -0.3 is 25.6 Å². The Bertz CT molecular complexity index is 717. The van der Waals surface area contributed by atoms with Crippen LogP contribution in [0.25, 0.3) is 0 Å². The Kier molecular flexibility index (Phi) is 28.4. The molecule has 0 radical (unpaired) electrons. The summed E-state index contributed by atoms with van der Waals surface area (Å²) in [7, 11) is 0. The van der Waals surface area contributed by atoms with E-state index in [0.29, 0.717) is 19.3 Å². The summed E-state index contributed by atoms with van der Waals surface area (Å²) in [4.78, 5) is 47.1. The number of nitrogens with one attached hydrogen (secondary N) is 2. The Hall–Kier alpha value is -2.16. The summed E-state index contributed by atoms with van der Waals surface area (Å²) >= 11 is 0. The molecule has 2 atom stereocenters. The third-order valence-corrected chi connectivity index (χ3v) is 7.85. The Balaban J connectivity index is 4.19. The smallest absolute Gasteiger partial charge is 0.328 e. The molecule has 0 aliphatic heterocycles. The maximum Gasteiger partial charge on any atom is 0.328 e. The minimum absolute atomic E-state index is 0.000618. The van der Waals surface area contributed by atoms with Crippen LogP contribution in [0, 0.1) is 0 Å². The van der Waals surface area contributed by atoms with E-state index in [0.717, 1.165) is 57.8 Å². The highest BCUT2D eigenvalue weighted by Crippen LogP contribution is 2.18. The van der Waals surface area contributed by atoms with Crippen LogP contribution in [-0.2, 0) is 23.9 Å². The van der Waals surface area contributed by atoms with Crippen molar-refractivity contribution in [2.24, 2.45) is 0 Å². The van der Waals surface area contributed by atoms with E-state index >= 15 is 0 Å². The van der Waals surface area contributed by atoms with Gasteiger partial charge in [0.05, 0.1) is 13.2 Å². The fourth-order valence-corrected chi connectivity index (χ4v) is 5.13. The topological polar surface area (TPSA) is 142 Å². The summed E-state index contributed by atoms with van der Waals surface area (Å²) in [5, 5.41) is 22.4. The second-order valence-electron chi connectivity index (χ2n) is 12.0. The number of rotatable bonds is 31. The number of carbonyl (C=O) groups is 4. The summed E-state index contributed by atoms with van der Waals surface area (Å²) in [5.74, 6) is -2.29. The van der Waals surface area contributed by atoms with Gasteiger partial charge in [-0.05, 0) is 38.5 Å². The number of ether oxygens (including phenoxy) is 1. The van der Waals surface area contributed by atoms with Crippen LogP contribution in [0.5, 0.6) is 0 Å². The van der Waals surface area contributed by atoms with E-state index in [9.17, 15) is 19.2 Å². The highest BCUT2D eigenvalue weighted by atomic mass is 16.5. The van der Waals surface area contributed by atoms with Gasteiger partial charge in [0.25, 0.3) is 0 Å². The number of unbranched alkanes of at least 4 members (excludes halogenated alkanes) is 17. The Morgan fingerprint density at radius 3 is 1.51 bits per heavy atom. The van der Waals surface area contributed by atoms with E-state index in [-0.39, 0.29) is 24.5 Å². The maximum atomic E-state index is 12.5.